The number of aliphatic hydroxyl groups is 3. The second kappa shape index (κ2) is 140. The Morgan fingerprint density at radius 3 is 1.00 bits per heavy atom. The van der Waals surface area contributed by atoms with Gasteiger partial charge >= 0.3 is 12.7 Å². The van der Waals surface area contributed by atoms with Crippen LogP contribution in [0.3, 0.4) is 0 Å². The number of likely N-dealkylation sites (N-methyl/N-ethyl adjacent to an activating group) is 4. The summed E-state index contributed by atoms with van der Waals surface area (Å²) in [6.45, 7) is 44.1. The minimum Gasteiger partial charge on any atom is -0.396 e. The summed E-state index contributed by atoms with van der Waals surface area (Å²) >= 11 is 0. The van der Waals surface area contributed by atoms with Gasteiger partial charge in [0.15, 0.2) is 0 Å². The molecule has 0 radical (unpaired) electrons. The van der Waals surface area contributed by atoms with Gasteiger partial charge in [0, 0.05) is 308 Å². The number of rotatable bonds is 41. The monoisotopic (exact) mass is 2050 g/mol. The van der Waals surface area contributed by atoms with Gasteiger partial charge in [0.1, 0.15) is 12.7 Å². The summed E-state index contributed by atoms with van der Waals surface area (Å²) in [6.07, 6.45) is 14.5. The minimum absolute atomic E-state index is 0.0949. The second-order valence-electron chi connectivity index (χ2n) is 32.0. The Hall–Kier alpha value is -2.25. The van der Waals surface area contributed by atoms with Crippen LogP contribution in [0.25, 0.3) is 0 Å². The van der Waals surface area contributed by atoms with E-state index in [-0.39, 0.29) is 25.7 Å². The zero-order chi connectivity index (χ0) is 108. The largest absolute Gasteiger partial charge is 0.396 e. The van der Waals surface area contributed by atoms with Crippen LogP contribution < -0.4 is 5.32 Å². The topological polar surface area (TPSA) is 352 Å². The van der Waals surface area contributed by atoms with Crippen molar-refractivity contribution in [3.63, 3.8) is 0 Å². The normalized spacial score (nSPS) is 16.9. The van der Waals surface area contributed by atoms with Gasteiger partial charge in [-0.15, -0.1) is 0 Å². The number of likely N-dealkylation sites (tertiary alicyclic amines) is 4. The predicted octanol–water partition coefficient (Wildman–Crippen LogP) is 8.70. The molecule has 42 heteroatoms. The summed E-state index contributed by atoms with van der Waals surface area (Å²) in [5.74, 6) is -0.0949. The van der Waals surface area contributed by atoms with E-state index in [2.05, 4.69) is 108 Å². The van der Waals surface area contributed by atoms with Crippen LogP contribution in [-0.2, 0) is 128 Å². The molecule has 2 unspecified atom stereocenters. The lowest BCUT2D eigenvalue weighted by molar-refractivity contribution is -0.205. The van der Waals surface area contributed by atoms with Gasteiger partial charge in [-0.1, -0.05) is 13.3 Å². The summed E-state index contributed by atoms with van der Waals surface area (Å²) < 4.78 is 166. The quantitative estimate of drug-likeness (QED) is 0.0328. The molecular formula is C97H220F4N8O30. The number of morpholine rings is 2. The van der Waals surface area contributed by atoms with Crippen molar-refractivity contribution in [3.8, 4) is 0 Å². The van der Waals surface area contributed by atoms with E-state index in [9.17, 15) is 22.4 Å². The van der Waals surface area contributed by atoms with Crippen LogP contribution >= 0.6 is 0 Å². The Bertz CT molecular complexity index is 2000. The van der Waals surface area contributed by atoms with Crippen LogP contribution in [0, 0.1) is 0 Å². The highest BCUT2D eigenvalue weighted by molar-refractivity contribution is 5.76. The maximum atomic E-state index is 11.2. The van der Waals surface area contributed by atoms with E-state index >= 15 is 0 Å². The number of piperidine rings is 1. The van der Waals surface area contributed by atoms with Crippen molar-refractivity contribution in [1.29, 1.82) is 0 Å². The van der Waals surface area contributed by atoms with Crippen LogP contribution in [0.4, 0.5) is 17.6 Å². The predicted molar refractivity (Wildman–Crippen MR) is 548 cm³/mol. The van der Waals surface area contributed by atoms with Gasteiger partial charge in [0.2, 0.25) is 5.91 Å². The molecule has 8 aliphatic heterocycles. The third-order valence-electron chi connectivity index (χ3n) is 18.7. The maximum absolute atomic E-state index is 11.2. The molecule has 4 N–H and O–H groups in total. The fourth-order valence-corrected chi connectivity index (χ4v) is 9.56. The van der Waals surface area contributed by atoms with Crippen LogP contribution in [0.15, 0.2) is 0 Å². The van der Waals surface area contributed by atoms with Gasteiger partial charge in [-0.25, -0.2) is 0 Å². The summed E-state index contributed by atoms with van der Waals surface area (Å²) in [6, 6.07) is 0.690. The zero-order valence-electron chi connectivity index (χ0n) is 94.7. The van der Waals surface area contributed by atoms with Crippen molar-refractivity contribution in [2.45, 2.75) is 174 Å². The van der Waals surface area contributed by atoms with Gasteiger partial charge < -0.3 is 168 Å². The molecule has 9 aliphatic rings. The Balaban J connectivity index is -0.000000123. The Morgan fingerprint density at radius 1 is 0.424 bits per heavy atom. The molecule has 9 fully saturated rings. The smallest absolute Gasteiger partial charge is 0.352 e. The second-order valence-corrected chi connectivity index (χ2v) is 32.0. The fraction of sp³-hybridized carbons (Fsp3) is 0.990. The van der Waals surface area contributed by atoms with Crippen molar-refractivity contribution in [2.75, 3.05) is 469 Å². The Kier molecular flexibility index (Phi) is 163. The van der Waals surface area contributed by atoms with Gasteiger partial charge in [-0.2, -0.15) is 17.6 Å². The van der Waals surface area contributed by atoms with Crippen molar-refractivity contribution in [3.05, 3.63) is 0 Å². The summed E-state index contributed by atoms with van der Waals surface area (Å²) in [5.41, 5.74) is -0.573. The number of aliphatic hydroxyl groups excluding tert-OH is 2. The van der Waals surface area contributed by atoms with Gasteiger partial charge in [0.05, 0.1) is 130 Å². The van der Waals surface area contributed by atoms with E-state index in [4.69, 9.17) is 91.1 Å². The number of alkyl halides is 4. The number of nitrogens with zero attached hydrogens (tertiary/aromatic N) is 7. The molecule has 0 bridgehead atoms. The summed E-state index contributed by atoms with van der Waals surface area (Å²) in [5, 5.41) is 27.5. The number of hydrogen-bond donors (Lipinski definition) is 4. The number of halogens is 4. The van der Waals surface area contributed by atoms with Crippen molar-refractivity contribution in [2.24, 2.45) is 0 Å². The first-order valence-electron chi connectivity index (χ1n) is 48.6. The van der Waals surface area contributed by atoms with Gasteiger partial charge in [-0.05, 0) is 166 Å². The highest BCUT2D eigenvalue weighted by Crippen LogP contribution is 2.21. The maximum Gasteiger partial charge on any atom is 0.352 e. The van der Waals surface area contributed by atoms with Crippen molar-refractivity contribution in [1.82, 2.24) is 39.6 Å². The molecule has 8 heterocycles. The molecule has 1 aliphatic carbocycles. The first-order chi connectivity index (χ1) is 66.6. The molecule has 2 atom stereocenters. The lowest BCUT2D eigenvalue weighted by atomic mass is 10.1. The average molecular weight is 2050 g/mol. The number of hydrogen-bond acceptors (Lipinski definition) is 37. The minimum atomic E-state index is -2.96. The third kappa shape index (κ3) is 167. The lowest BCUT2D eigenvalue weighted by Gasteiger charge is -2.34. The van der Waals surface area contributed by atoms with E-state index in [1.54, 1.807) is 163 Å². The highest BCUT2D eigenvalue weighted by atomic mass is 19.3. The SMILES string of the molecule is CCCOC.CCOC.CCOC.CNC(=O)COC.COC.COC(C)(F)F.COC(F)F.COC1CC1.COC1CCOC1.COC1CN(C)C1.COC1COC1.COCC1CCCN1C.COCCC(C)(C)O.COCCCN1CCOCC1.COCCCO.COCCN(C)C.COCCN1CCC1.COCCN1CCCCC1.COCCN1CCOCC1.COCCO.COCCOC. The molecule has 0 aromatic heterocycles. The lowest BCUT2D eigenvalue weighted by Crippen LogP contribution is -2.48. The van der Waals surface area contributed by atoms with E-state index < -0.39 is 18.3 Å². The van der Waals surface area contributed by atoms with Crippen molar-refractivity contribution < 1.29 is 161 Å². The molecule has 9 rings (SSSR count). The van der Waals surface area contributed by atoms with Gasteiger partial charge in [-0.3, -0.25) is 14.6 Å². The number of carbonyl (C=O) groups is 1. The average Bonchev–Trinajstić information content (AvgIpc) is 1.37. The molecule has 856 valence electrons. The van der Waals surface area contributed by atoms with Crippen molar-refractivity contribution >= 4 is 5.91 Å². The number of ether oxygens (including phenoxy) is 26. The standard InChI is InChI=1S/C8H17NO2.C8H17NO.C7H15NO2.C7H15NO.C6H13NO.C6H14O2.C5H11NO.C5H13NO.C5H10O2.C4H9NO2.C4H8O2.2C4H10O2.C4H8O.C4H10O.C3H6F2O.C3H8O2.2C3H8O.C2H4F2O.C2H6O/c1-10-6-2-3-9-4-7-11-8-5-9;1-10-8-7-9-5-3-2-4-6-9;1-9-5-2-8-3-6-10-7-4-8;1-8-5-3-4-7(8)6-9-2;1-8-6-5-7-3-2-4-7;1-6(2,7)4-5-8-3;1-6-3-5(4-6)7-2;1-6(2)4-5-7-3;1-6-5-2-3-7-4-5;1-5-4(6)3-7-2;1-5-4-2-6-3-4;1-5-3-4-6-2;1-6-4-2-3-5;1-5-4-2-3-4;1-3-4-5-2;1-3(4,5)6-2;1-5-3-2-4;2*1-3-4-2;1-5-2(3)4;1-3-2/h2-8H2,1H3;2-8H2,1H3;2-7H2,1H3;7H,3-6H2,1-2H3;2-6H2,1H3;7H,4-5H2,1-3H3;5H,3-4H2,1-2H3;4-5H2,1-3H3;5H,2-4H2,1H3;3H2,1-2H3,(H,5,6);4H,2-3H2,1H3;3-4H2,1-2H3;5H,2-4H2,1H3;4H,2-3H2,1H3;3-4H2,1-2H3;1-2H3;4H,2-3H2,1H3;2*3H2,1-2H3;2H,1H3;1-2H3. The molecule has 0 aromatic carbocycles. The Morgan fingerprint density at radius 2 is 0.813 bits per heavy atom. The molecule has 8 saturated heterocycles. The van der Waals surface area contributed by atoms with E-state index in [0.717, 1.165) is 224 Å². The summed E-state index contributed by atoms with van der Waals surface area (Å²) in [4.78, 5) is 26.5. The molecule has 38 nitrogen and oxygen atoms in total. The molecule has 139 heavy (non-hydrogen) atoms. The van der Waals surface area contributed by atoms with Crippen LogP contribution in [0.2, 0.25) is 0 Å². The van der Waals surface area contributed by atoms with E-state index in [1.807, 2.05) is 27.9 Å². The Labute approximate surface area is 845 Å². The first-order valence-corrected chi connectivity index (χ1v) is 48.6. The highest BCUT2D eigenvalue weighted by Gasteiger charge is 2.23. The molecule has 1 saturated carbocycles. The van der Waals surface area contributed by atoms with Gasteiger partial charge in [0.25, 0.3) is 0 Å². The number of amides is 1. The molecule has 1 amide bonds. The van der Waals surface area contributed by atoms with E-state index in [1.165, 1.54) is 91.2 Å². The fourth-order valence-electron chi connectivity index (χ4n) is 9.56. The molecular weight excluding hydrogens is 1830 g/mol. The van der Waals surface area contributed by atoms with E-state index in [0.29, 0.717) is 76.8 Å². The zero-order valence-corrected chi connectivity index (χ0v) is 94.7. The van der Waals surface area contributed by atoms with Crippen LogP contribution in [-0.4, -0.2) is 573 Å². The van der Waals surface area contributed by atoms with Crippen LogP contribution in [0.5, 0.6) is 0 Å². The number of nitrogens with one attached hydrogen (secondary N) is 1. The molecule has 0 aromatic rings. The summed E-state index contributed by atoms with van der Waals surface area (Å²) in [7, 11) is 47.1. The first kappa shape index (κ1) is 162. The van der Waals surface area contributed by atoms with Crippen LogP contribution in [0.1, 0.15) is 125 Å². The number of methoxy groups -OCH3 is 22. The number of carbonyl (C=O) groups excluding carboxylic acids is 1. The third-order valence-corrected chi connectivity index (χ3v) is 18.7. The molecule has 0 spiro atoms.